The van der Waals surface area contributed by atoms with Crippen LogP contribution in [0, 0.1) is 5.82 Å². The number of aliphatic hydroxyl groups excluding tert-OH is 1. The predicted molar refractivity (Wildman–Crippen MR) is 78.4 cm³/mol. The van der Waals surface area contributed by atoms with Crippen LogP contribution in [-0.2, 0) is 6.42 Å². The smallest absolute Gasteiger partial charge is 0.130 e. The van der Waals surface area contributed by atoms with Crippen LogP contribution in [0.5, 0.6) is 5.75 Å². The minimum atomic E-state index is -0.968. The van der Waals surface area contributed by atoms with Crippen LogP contribution in [0.4, 0.5) is 4.39 Å². The van der Waals surface area contributed by atoms with E-state index in [4.69, 9.17) is 4.74 Å². The Balaban J connectivity index is 1.95. The van der Waals surface area contributed by atoms with Gasteiger partial charge in [-0.05, 0) is 42.3 Å². The fourth-order valence-corrected chi connectivity index (χ4v) is 2.85. The van der Waals surface area contributed by atoms with Gasteiger partial charge in [0.25, 0.3) is 0 Å². The lowest BCUT2D eigenvalue weighted by Gasteiger charge is -2.13. The van der Waals surface area contributed by atoms with E-state index in [1.54, 1.807) is 18.2 Å². The average Bonchev–Trinajstić information content (AvgIpc) is 2.77. The van der Waals surface area contributed by atoms with Gasteiger partial charge in [0.05, 0.1) is 0 Å². The molecule has 0 aromatic heterocycles. The molecule has 0 amide bonds. The van der Waals surface area contributed by atoms with Crippen LogP contribution >= 0.6 is 15.9 Å². The first-order valence-corrected chi connectivity index (χ1v) is 7.26. The summed E-state index contributed by atoms with van der Waals surface area (Å²) < 4.78 is 20.2. The normalized spacial score (nSPS) is 18.5. The number of fused-ring (bicyclic) bond motifs is 1. The molecule has 2 aromatic rings. The molecule has 20 heavy (non-hydrogen) atoms. The summed E-state index contributed by atoms with van der Waals surface area (Å²) in [5, 5.41) is 10.4. The minimum absolute atomic E-state index is 0.154. The van der Waals surface area contributed by atoms with Crippen LogP contribution < -0.4 is 4.74 Å². The second-order valence-electron chi connectivity index (χ2n) is 5.07. The van der Waals surface area contributed by atoms with Gasteiger partial charge in [-0.25, -0.2) is 4.39 Å². The van der Waals surface area contributed by atoms with E-state index in [2.05, 4.69) is 15.9 Å². The molecule has 2 nitrogen and oxygen atoms in total. The van der Waals surface area contributed by atoms with Gasteiger partial charge in [0.1, 0.15) is 23.8 Å². The molecule has 0 spiro atoms. The third kappa shape index (κ3) is 2.45. The molecule has 1 N–H and O–H groups in total. The topological polar surface area (TPSA) is 29.5 Å². The van der Waals surface area contributed by atoms with Crippen molar-refractivity contribution in [2.75, 3.05) is 0 Å². The summed E-state index contributed by atoms with van der Waals surface area (Å²) >= 11 is 3.21. The zero-order valence-corrected chi connectivity index (χ0v) is 12.5. The lowest BCUT2D eigenvalue weighted by atomic mass is 9.98. The zero-order chi connectivity index (χ0) is 14.3. The molecule has 104 valence electrons. The summed E-state index contributed by atoms with van der Waals surface area (Å²) in [5.41, 5.74) is 2.02. The van der Waals surface area contributed by atoms with E-state index in [1.807, 2.05) is 19.1 Å². The first-order chi connectivity index (χ1) is 9.54. The summed E-state index contributed by atoms with van der Waals surface area (Å²) in [7, 11) is 0. The van der Waals surface area contributed by atoms with Crippen molar-refractivity contribution in [2.24, 2.45) is 0 Å². The molecule has 1 aliphatic heterocycles. The number of halogens is 2. The van der Waals surface area contributed by atoms with Gasteiger partial charge >= 0.3 is 0 Å². The Labute approximate surface area is 125 Å². The van der Waals surface area contributed by atoms with Crippen LogP contribution in [0.25, 0.3) is 0 Å². The molecule has 0 aliphatic carbocycles. The maximum Gasteiger partial charge on any atom is 0.130 e. The molecule has 4 heteroatoms. The highest BCUT2D eigenvalue weighted by atomic mass is 79.9. The molecule has 0 fully saturated rings. The summed E-state index contributed by atoms with van der Waals surface area (Å²) in [4.78, 5) is 0. The second-order valence-corrected chi connectivity index (χ2v) is 5.98. The van der Waals surface area contributed by atoms with Crippen molar-refractivity contribution in [2.45, 2.75) is 25.6 Å². The molecular weight excluding hydrogens is 323 g/mol. The summed E-state index contributed by atoms with van der Waals surface area (Å²) in [6.45, 7) is 2.00. The first kappa shape index (κ1) is 13.6. The first-order valence-electron chi connectivity index (χ1n) is 6.47. The second kappa shape index (κ2) is 5.19. The molecule has 0 bridgehead atoms. The number of hydrogen-bond donors (Lipinski definition) is 1. The quantitative estimate of drug-likeness (QED) is 0.898. The van der Waals surface area contributed by atoms with E-state index in [0.29, 0.717) is 10.0 Å². The van der Waals surface area contributed by atoms with Crippen molar-refractivity contribution in [3.8, 4) is 5.75 Å². The number of aliphatic hydroxyl groups is 1. The van der Waals surface area contributed by atoms with Crippen molar-refractivity contribution in [3.63, 3.8) is 0 Å². The molecule has 0 saturated heterocycles. The molecule has 1 heterocycles. The Morgan fingerprint density at radius 1 is 1.30 bits per heavy atom. The largest absolute Gasteiger partial charge is 0.490 e. The van der Waals surface area contributed by atoms with E-state index in [1.165, 1.54) is 6.07 Å². The SMILES string of the molecule is CC1Cc2cc(C(O)c3ccc(Br)cc3F)ccc2O1. The van der Waals surface area contributed by atoms with Gasteiger partial charge in [0.15, 0.2) is 0 Å². The van der Waals surface area contributed by atoms with Gasteiger partial charge in [-0.15, -0.1) is 0 Å². The van der Waals surface area contributed by atoms with Crippen LogP contribution in [0.2, 0.25) is 0 Å². The van der Waals surface area contributed by atoms with Gasteiger partial charge in [0.2, 0.25) is 0 Å². The molecule has 0 radical (unpaired) electrons. The number of ether oxygens (including phenoxy) is 1. The van der Waals surface area contributed by atoms with Crippen LogP contribution in [-0.4, -0.2) is 11.2 Å². The standard InChI is InChI=1S/C16H14BrFO2/c1-9-6-11-7-10(2-5-15(11)20-9)16(19)13-4-3-12(17)8-14(13)18/h2-5,7-9,16,19H,6H2,1H3. The molecule has 2 atom stereocenters. The van der Waals surface area contributed by atoms with E-state index in [0.717, 1.165) is 17.7 Å². The Bertz CT molecular complexity index is 657. The van der Waals surface area contributed by atoms with Crippen LogP contribution in [0.3, 0.4) is 0 Å². The van der Waals surface area contributed by atoms with Gasteiger partial charge in [-0.2, -0.15) is 0 Å². The molecule has 2 unspecified atom stereocenters. The highest BCUT2D eigenvalue weighted by molar-refractivity contribution is 9.10. The molecule has 3 rings (SSSR count). The van der Waals surface area contributed by atoms with E-state index >= 15 is 0 Å². The average molecular weight is 337 g/mol. The molecule has 0 saturated carbocycles. The highest BCUT2D eigenvalue weighted by Gasteiger charge is 2.22. The Morgan fingerprint density at radius 3 is 2.85 bits per heavy atom. The summed E-state index contributed by atoms with van der Waals surface area (Å²) in [5.74, 6) is 0.432. The fraction of sp³-hybridized carbons (Fsp3) is 0.250. The fourth-order valence-electron chi connectivity index (χ4n) is 2.51. The minimum Gasteiger partial charge on any atom is -0.490 e. The van der Waals surface area contributed by atoms with Crippen molar-refractivity contribution in [1.29, 1.82) is 0 Å². The lowest BCUT2D eigenvalue weighted by molar-refractivity contribution is 0.215. The van der Waals surface area contributed by atoms with Crippen LogP contribution in [0.1, 0.15) is 29.7 Å². The Morgan fingerprint density at radius 2 is 2.10 bits per heavy atom. The van der Waals surface area contributed by atoms with Gasteiger partial charge in [-0.3, -0.25) is 0 Å². The van der Waals surface area contributed by atoms with Gasteiger partial charge < -0.3 is 9.84 Å². The molecule has 1 aliphatic rings. The maximum atomic E-state index is 13.9. The van der Waals surface area contributed by atoms with E-state index < -0.39 is 11.9 Å². The lowest BCUT2D eigenvalue weighted by Crippen LogP contribution is -2.05. The summed E-state index contributed by atoms with van der Waals surface area (Å²) in [6, 6.07) is 10.2. The third-order valence-corrected chi connectivity index (χ3v) is 3.99. The summed E-state index contributed by atoms with van der Waals surface area (Å²) in [6.07, 6.45) is 0.00439. The highest BCUT2D eigenvalue weighted by Crippen LogP contribution is 2.33. The van der Waals surface area contributed by atoms with Gasteiger partial charge in [-0.1, -0.05) is 28.1 Å². The Kier molecular flexibility index (Phi) is 3.52. The number of hydrogen-bond acceptors (Lipinski definition) is 2. The number of rotatable bonds is 2. The van der Waals surface area contributed by atoms with E-state index in [9.17, 15) is 9.50 Å². The van der Waals surface area contributed by atoms with Crippen LogP contribution in [0.15, 0.2) is 40.9 Å². The van der Waals surface area contributed by atoms with Crippen molar-refractivity contribution in [1.82, 2.24) is 0 Å². The zero-order valence-electron chi connectivity index (χ0n) is 10.9. The van der Waals surface area contributed by atoms with Crippen molar-refractivity contribution < 1.29 is 14.2 Å². The van der Waals surface area contributed by atoms with Crippen molar-refractivity contribution in [3.05, 3.63) is 63.4 Å². The third-order valence-electron chi connectivity index (χ3n) is 3.49. The van der Waals surface area contributed by atoms with Gasteiger partial charge in [0, 0.05) is 16.5 Å². The Hall–Kier alpha value is -1.39. The van der Waals surface area contributed by atoms with Crippen molar-refractivity contribution >= 4 is 15.9 Å². The monoisotopic (exact) mass is 336 g/mol. The van der Waals surface area contributed by atoms with E-state index in [-0.39, 0.29) is 11.7 Å². The maximum absolute atomic E-state index is 13.9. The number of benzene rings is 2. The predicted octanol–water partition coefficient (Wildman–Crippen LogP) is 3.99. The molecular formula is C16H14BrFO2. The molecule has 2 aromatic carbocycles.